The molecule has 3 aliphatic carbocycles. The zero-order valence-electron chi connectivity index (χ0n) is 16.8. The molecule has 150 valence electrons. The van der Waals surface area contributed by atoms with Crippen molar-refractivity contribution < 1.29 is 9.18 Å². The van der Waals surface area contributed by atoms with Crippen LogP contribution in [0.5, 0.6) is 0 Å². The van der Waals surface area contributed by atoms with Gasteiger partial charge in [0.05, 0.1) is 5.69 Å². The van der Waals surface area contributed by atoms with Crippen molar-refractivity contribution in [2.24, 2.45) is 29.6 Å². The Hall–Kier alpha value is -2.29. The highest BCUT2D eigenvalue weighted by Crippen LogP contribution is 2.54. The first-order valence-electron chi connectivity index (χ1n) is 11.1. The molecular formula is C26H28FNO. The fourth-order valence-corrected chi connectivity index (χ4v) is 6.25. The molecule has 5 rings (SSSR count). The predicted octanol–water partition coefficient (Wildman–Crippen LogP) is 6.32. The lowest BCUT2D eigenvalue weighted by atomic mass is 9.58. The number of Topliss-reactive ketones (excluding diaryl/α,β-unsaturated/α-hetero) is 1. The van der Waals surface area contributed by atoms with Crippen LogP contribution in [0.2, 0.25) is 0 Å². The molecular weight excluding hydrogens is 361 g/mol. The first-order valence-corrected chi connectivity index (χ1v) is 11.1. The average Bonchev–Trinajstić information content (AvgIpc) is 3.11. The number of carbonyl (C=O) groups is 1. The van der Waals surface area contributed by atoms with E-state index in [4.69, 9.17) is 0 Å². The van der Waals surface area contributed by atoms with Gasteiger partial charge in [0, 0.05) is 24.6 Å². The van der Waals surface area contributed by atoms with Gasteiger partial charge < -0.3 is 0 Å². The molecule has 3 fully saturated rings. The molecule has 0 saturated heterocycles. The summed E-state index contributed by atoms with van der Waals surface area (Å²) >= 11 is 0. The first-order chi connectivity index (χ1) is 14.2. The second-order valence-electron chi connectivity index (χ2n) is 9.23. The zero-order valence-corrected chi connectivity index (χ0v) is 16.8. The summed E-state index contributed by atoms with van der Waals surface area (Å²) in [7, 11) is 0. The van der Waals surface area contributed by atoms with Gasteiger partial charge in [-0.15, -0.1) is 0 Å². The highest BCUT2D eigenvalue weighted by Gasteiger charge is 2.47. The van der Waals surface area contributed by atoms with Crippen molar-refractivity contribution in [3.8, 4) is 11.1 Å². The molecule has 1 aromatic carbocycles. The van der Waals surface area contributed by atoms with Crippen LogP contribution in [0.3, 0.4) is 0 Å². The van der Waals surface area contributed by atoms with E-state index in [1.807, 2.05) is 24.4 Å². The fourth-order valence-electron chi connectivity index (χ4n) is 6.25. The summed E-state index contributed by atoms with van der Waals surface area (Å²) in [5.41, 5.74) is 2.70. The Morgan fingerprint density at radius 3 is 2.69 bits per heavy atom. The Labute approximate surface area is 172 Å². The average molecular weight is 390 g/mol. The van der Waals surface area contributed by atoms with Gasteiger partial charge in [-0.3, -0.25) is 9.78 Å². The van der Waals surface area contributed by atoms with Gasteiger partial charge >= 0.3 is 0 Å². The van der Waals surface area contributed by atoms with Gasteiger partial charge in [-0.25, -0.2) is 4.39 Å². The minimum atomic E-state index is -0.230. The van der Waals surface area contributed by atoms with Crippen LogP contribution in [0.1, 0.15) is 50.6 Å². The van der Waals surface area contributed by atoms with Crippen LogP contribution in [0, 0.1) is 35.4 Å². The number of benzene rings is 1. The topological polar surface area (TPSA) is 30.0 Å². The van der Waals surface area contributed by atoms with Crippen molar-refractivity contribution in [2.75, 3.05) is 0 Å². The molecule has 0 radical (unpaired) electrons. The van der Waals surface area contributed by atoms with E-state index in [0.29, 0.717) is 23.5 Å². The highest BCUT2D eigenvalue weighted by molar-refractivity contribution is 5.81. The number of rotatable bonds is 3. The number of aromatic nitrogens is 1. The second kappa shape index (κ2) is 7.85. The SMILES string of the molecule is O=C1C[C@@H]2C[C@@H]3CCCC[C@H]3[C@H](/C=C/c3ccc(-c4cccc(F)c4)cn3)[C@H]2C1. The summed E-state index contributed by atoms with van der Waals surface area (Å²) < 4.78 is 13.5. The Morgan fingerprint density at radius 2 is 1.86 bits per heavy atom. The minimum Gasteiger partial charge on any atom is -0.300 e. The fraction of sp³-hybridized carbons (Fsp3) is 0.462. The lowest BCUT2D eigenvalue weighted by molar-refractivity contribution is -0.117. The standard InChI is InChI=1S/C26H28FNO/c27-21-6-3-5-17(13-21)19-8-9-22(28-16-19)10-11-25-24-7-2-1-4-18(24)12-20-14-23(29)15-26(20)25/h3,5-6,8-11,13,16,18,20,24-26H,1-2,4,7,12,14-15H2/b11-10+/t18-,20-,24+,25-,26-/m0/s1. The van der Waals surface area contributed by atoms with Crippen molar-refractivity contribution in [1.29, 1.82) is 0 Å². The number of hydrogen-bond acceptors (Lipinski definition) is 2. The molecule has 0 amide bonds. The van der Waals surface area contributed by atoms with Crippen molar-refractivity contribution >= 4 is 11.9 Å². The smallest absolute Gasteiger partial charge is 0.133 e. The van der Waals surface area contributed by atoms with E-state index in [-0.39, 0.29) is 5.82 Å². The number of hydrogen-bond donors (Lipinski definition) is 0. The summed E-state index contributed by atoms with van der Waals surface area (Å²) in [6, 6.07) is 10.6. The van der Waals surface area contributed by atoms with Gasteiger partial charge in [-0.1, -0.05) is 43.5 Å². The number of carbonyl (C=O) groups excluding carboxylic acids is 1. The predicted molar refractivity (Wildman–Crippen MR) is 113 cm³/mol. The summed E-state index contributed by atoms with van der Waals surface area (Å²) in [6.45, 7) is 0. The lowest BCUT2D eigenvalue weighted by Gasteiger charge is -2.46. The third-order valence-electron chi connectivity index (χ3n) is 7.55. The molecule has 0 bridgehead atoms. The maximum atomic E-state index is 13.5. The largest absolute Gasteiger partial charge is 0.300 e. The molecule has 3 aliphatic rings. The van der Waals surface area contributed by atoms with E-state index in [9.17, 15) is 9.18 Å². The third-order valence-corrected chi connectivity index (χ3v) is 7.55. The first kappa shape index (κ1) is 18.7. The molecule has 0 N–H and O–H groups in total. The van der Waals surface area contributed by atoms with Gasteiger partial charge in [0.1, 0.15) is 11.6 Å². The van der Waals surface area contributed by atoms with E-state index in [0.717, 1.165) is 41.5 Å². The summed E-state index contributed by atoms with van der Waals surface area (Å²) in [5, 5.41) is 0. The molecule has 2 aromatic rings. The summed E-state index contributed by atoms with van der Waals surface area (Å²) in [4.78, 5) is 16.8. The van der Waals surface area contributed by atoms with E-state index in [1.54, 1.807) is 6.07 Å². The number of nitrogens with zero attached hydrogens (tertiary/aromatic N) is 1. The number of ketones is 1. The molecule has 0 spiro atoms. The third kappa shape index (κ3) is 3.80. The maximum absolute atomic E-state index is 13.5. The van der Waals surface area contributed by atoms with Crippen LogP contribution < -0.4 is 0 Å². The van der Waals surface area contributed by atoms with Gasteiger partial charge in [0.15, 0.2) is 0 Å². The van der Waals surface area contributed by atoms with Crippen LogP contribution in [-0.2, 0) is 4.79 Å². The Kier molecular flexibility index (Phi) is 5.07. The van der Waals surface area contributed by atoms with Crippen molar-refractivity contribution in [3.63, 3.8) is 0 Å². The van der Waals surface area contributed by atoms with Crippen LogP contribution in [0.25, 0.3) is 17.2 Å². The van der Waals surface area contributed by atoms with E-state index >= 15 is 0 Å². The van der Waals surface area contributed by atoms with Gasteiger partial charge in [0.2, 0.25) is 0 Å². The van der Waals surface area contributed by atoms with Gasteiger partial charge in [-0.2, -0.15) is 0 Å². The Bertz CT molecular complexity index is 919. The molecule has 1 heterocycles. The van der Waals surface area contributed by atoms with Gasteiger partial charge in [0.25, 0.3) is 0 Å². The number of allylic oxidation sites excluding steroid dienone is 1. The lowest BCUT2D eigenvalue weighted by Crippen LogP contribution is -2.38. The Morgan fingerprint density at radius 1 is 0.966 bits per heavy atom. The summed E-state index contributed by atoms with van der Waals surface area (Å²) in [6.07, 6.45) is 14.5. The number of halogens is 1. The quantitative estimate of drug-likeness (QED) is 0.614. The molecule has 29 heavy (non-hydrogen) atoms. The minimum absolute atomic E-state index is 0.230. The maximum Gasteiger partial charge on any atom is 0.133 e. The molecule has 3 heteroatoms. The van der Waals surface area contributed by atoms with Gasteiger partial charge in [-0.05, 0) is 72.3 Å². The number of fused-ring (bicyclic) bond motifs is 2. The van der Waals surface area contributed by atoms with Crippen LogP contribution in [0.4, 0.5) is 4.39 Å². The number of pyridine rings is 1. The normalized spacial score (nSPS) is 31.6. The van der Waals surface area contributed by atoms with E-state index in [1.165, 1.54) is 44.2 Å². The van der Waals surface area contributed by atoms with Crippen molar-refractivity contribution in [2.45, 2.75) is 44.9 Å². The summed E-state index contributed by atoms with van der Waals surface area (Å²) in [5.74, 6) is 3.41. The monoisotopic (exact) mass is 389 g/mol. The van der Waals surface area contributed by atoms with Crippen LogP contribution in [0.15, 0.2) is 48.7 Å². The molecule has 2 nitrogen and oxygen atoms in total. The van der Waals surface area contributed by atoms with Crippen molar-refractivity contribution in [1.82, 2.24) is 4.98 Å². The van der Waals surface area contributed by atoms with Crippen molar-refractivity contribution in [3.05, 3.63) is 60.2 Å². The molecule has 1 aromatic heterocycles. The van der Waals surface area contributed by atoms with Crippen LogP contribution in [-0.4, -0.2) is 10.8 Å². The second-order valence-corrected chi connectivity index (χ2v) is 9.23. The van der Waals surface area contributed by atoms with Crippen LogP contribution >= 0.6 is 0 Å². The Balaban J connectivity index is 1.37. The molecule has 3 saturated carbocycles. The molecule has 5 atom stereocenters. The molecule has 0 aliphatic heterocycles. The molecule has 0 unspecified atom stereocenters. The zero-order chi connectivity index (χ0) is 19.8. The van der Waals surface area contributed by atoms with E-state index in [2.05, 4.69) is 17.1 Å². The van der Waals surface area contributed by atoms with E-state index < -0.39 is 0 Å². The highest BCUT2D eigenvalue weighted by atomic mass is 19.1.